The summed E-state index contributed by atoms with van der Waals surface area (Å²) < 4.78 is 0. The van der Waals surface area contributed by atoms with Crippen molar-refractivity contribution in [2.75, 3.05) is 25.0 Å². The predicted molar refractivity (Wildman–Crippen MR) is 94.9 cm³/mol. The van der Waals surface area contributed by atoms with E-state index in [1.807, 2.05) is 0 Å². The SMILES string of the molecule is Cc1ccc([N+](=O)[O-])cc1NC(=O)CCN1C[C@@H]2CCC[C@@]2(C(=O)O)C1. The normalized spacial score (nSPS) is 25.0. The van der Waals surface area contributed by atoms with E-state index in [2.05, 4.69) is 10.2 Å². The summed E-state index contributed by atoms with van der Waals surface area (Å²) in [5.74, 6) is -0.781. The smallest absolute Gasteiger partial charge is 0.311 e. The van der Waals surface area contributed by atoms with Crippen molar-refractivity contribution in [3.63, 3.8) is 0 Å². The van der Waals surface area contributed by atoms with Gasteiger partial charge >= 0.3 is 5.97 Å². The van der Waals surface area contributed by atoms with Gasteiger partial charge in [-0.05, 0) is 31.2 Å². The minimum atomic E-state index is -0.723. The number of anilines is 1. The van der Waals surface area contributed by atoms with E-state index in [1.165, 1.54) is 12.1 Å². The molecule has 1 aromatic carbocycles. The van der Waals surface area contributed by atoms with Crippen LogP contribution in [0.25, 0.3) is 0 Å². The fourth-order valence-electron chi connectivity index (χ4n) is 4.24. The van der Waals surface area contributed by atoms with Gasteiger partial charge in [0, 0.05) is 38.2 Å². The molecule has 0 unspecified atom stereocenters. The summed E-state index contributed by atoms with van der Waals surface area (Å²) in [5, 5.41) is 23.2. The molecule has 2 atom stereocenters. The minimum absolute atomic E-state index is 0.0679. The third kappa shape index (κ3) is 3.41. The van der Waals surface area contributed by atoms with Crippen molar-refractivity contribution < 1.29 is 19.6 Å². The maximum absolute atomic E-state index is 12.2. The van der Waals surface area contributed by atoms with Crippen LogP contribution in [-0.4, -0.2) is 46.4 Å². The summed E-state index contributed by atoms with van der Waals surface area (Å²) in [6, 6.07) is 4.36. The van der Waals surface area contributed by atoms with Crippen LogP contribution in [0.1, 0.15) is 31.2 Å². The number of benzene rings is 1. The molecular formula is C18H23N3O5. The van der Waals surface area contributed by atoms with Gasteiger partial charge in [0.25, 0.3) is 5.69 Å². The Bertz CT molecular complexity index is 750. The highest BCUT2D eigenvalue weighted by molar-refractivity contribution is 5.92. The zero-order valence-electron chi connectivity index (χ0n) is 14.7. The number of aryl methyl sites for hydroxylation is 1. The summed E-state index contributed by atoms with van der Waals surface area (Å²) in [7, 11) is 0. The molecule has 2 aliphatic rings. The summed E-state index contributed by atoms with van der Waals surface area (Å²) in [6.45, 7) is 3.48. The number of carbonyl (C=O) groups excluding carboxylic acids is 1. The maximum Gasteiger partial charge on any atom is 0.311 e. The van der Waals surface area contributed by atoms with Crippen LogP contribution in [0, 0.1) is 28.4 Å². The predicted octanol–water partition coefficient (Wildman–Crippen LogP) is 2.42. The van der Waals surface area contributed by atoms with Crippen LogP contribution in [0.3, 0.4) is 0 Å². The number of non-ortho nitro benzene ring substituents is 1. The van der Waals surface area contributed by atoms with Crippen molar-refractivity contribution in [3.8, 4) is 0 Å². The molecule has 1 saturated carbocycles. The second-order valence-corrected chi connectivity index (χ2v) is 7.34. The third-order valence-corrected chi connectivity index (χ3v) is 5.73. The Morgan fingerprint density at radius 2 is 2.23 bits per heavy atom. The number of amides is 1. The van der Waals surface area contributed by atoms with E-state index >= 15 is 0 Å². The number of nitro groups is 1. The van der Waals surface area contributed by atoms with Gasteiger partial charge in [-0.1, -0.05) is 12.5 Å². The van der Waals surface area contributed by atoms with Crippen molar-refractivity contribution >= 4 is 23.3 Å². The highest BCUT2D eigenvalue weighted by Gasteiger charge is 2.54. The van der Waals surface area contributed by atoms with E-state index in [-0.39, 0.29) is 23.9 Å². The van der Waals surface area contributed by atoms with Gasteiger partial charge in [-0.25, -0.2) is 0 Å². The third-order valence-electron chi connectivity index (χ3n) is 5.73. The Labute approximate surface area is 151 Å². The van der Waals surface area contributed by atoms with E-state index in [0.29, 0.717) is 25.2 Å². The quantitative estimate of drug-likeness (QED) is 0.594. The number of carbonyl (C=O) groups is 2. The van der Waals surface area contributed by atoms with Gasteiger partial charge in [-0.3, -0.25) is 19.7 Å². The Hall–Kier alpha value is -2.48. The first-order valence-corrected chi connectivity index (χ1v) is 8.82. The lowest BCUT2D eigenvalue weighted by Gasteiger charge is -2.23. The number of nitrogens with one attached hydrogen (secondary N) is 1. The molecule has 1 aliphatic carbocycles. The van der Waals surface area contributed by atoms with E-state index in [0.717, 1.165) is 24.9 Å². The molecule has 0 spiro atoms. The van der Waals surface area contributed by atoms with Crippen LogP contribution >= 0.6 is 0 Å². The Balaban J connectivity index is 1.56. The molecule has 0 bridgehead atoms. The zero-order chi connectivity index (χ0) is 18.9. The molecule has 1 aromatic rings. The van der Waals surface area contributed by atoms with Crippen LogP contribution in [0.15, 0.2) is 18.2 Å². The van der Waals surface area contributed by atoms with Crippen molar-refractivity contribution in [2.24, 2.45) is 11.3 Å². The first-order chi connectivity index (χ1) is 12.3. The lowest BCUT2D eigenvalue weighted by Crippen LogP contribution is -2.36. The molecule has 1 saturated heterocycles. The average molecular weight is 361 g/mol. The number of aliphatic carboxylic acids is 1. The number of carboxylic acid groups (broad SMARTS) is 1. The topological polar surface area (TPSA) is 113 Å². The van der Waals surface area contributed by atoms with Crippen molar-refractivity contribution in [2.45, 2.75) is 32.6 Å². The fraction of sp³-hybridized carbons (Fsp3) is 0.556. The van der Waals surface area contributed by atoms with Crippen LogP contribution in [0.5, 0.6) is 0 Å². The lowest BCUT2D eigenvalue weighted by atomic mass is 9.81. The molecule has 8 heteroatoms. The molecule has 1 aliphatic heterocycles. The molecular weight excluding hydrogens is 338 g/mol. The monoisotopic (exact) mass is 361 g/mol. The Kier molecular flexibility index (Phi) is 4.95. The number of fused-ring (bicyclic) bond motifs is 1. The number of nitrogens with zero attached hydrogens (tertiary/aromatic N) is 2. The largest absolute Gasteiger partial charge is 0.481 e. The standard InChI is InChI=1S/C18H23N3O5/c1-12-4-5-14(21(25)26)9-15(12)19-16(22)6-8-20-10-13-3-2-7-18(13,11-20)17(23)24/h4-5,9,13H,2-3,6-8,10-11H2,1H3,(H,19,22)(H,23,24)/t13-,18+/m0/s1. The summed E-state index contributed by atoms with van der Waals surface area (Å²) in [6.07, 6.45) is 2.83. The fourth-order valence-corrected chi connectivity index (χ4v) is 4.24. The number of nitro benzene ring substituents is 1. The summed E-state index contributed by atoms with van der Waals surface area (Å²) >= 11 is 0. The lowest BCUT2D eigenvalue weighted by molar-refractivity contribution is -0.384. The van der Waals surface area contributed by atoms with E-state index < -0.39 is 16.3 Å². The molecule has 0 aromatic heterocycles. The van der Waals surface area contributed by atoms with Crippen molar-refractivity contribution in [3.05, 3.63) is 33.9 Å². The van der Waals surface area contributed by atoms with Gasteiger partial charge in [0.2, 0.25) is 5.91 Å². The number of rotatable bonds is 6. The maximum atomic E-state index is 12.2. The van der Waals surface area contributed by atoms with Gasteiger partial charge in [0.05, 0.1) is 16.0 Å². The number of carboxylic acids is 1. The van der Waals surface area contributed by atoms with E-state index in [4.69, 9.17) is 0 Å². The molecule has 140 valence electrons. The molecule has 2 N–H and O–H groups in total. The first-order valence-electron chi connectivity index (χ1n) is 8.82. The van der Waals surface area contributed by atoms with Crippen LogP contribution in [0.4, 0.5) is 11.4 Å². The molecule has 26 heavy (non-hydrogen) atoms. The Morgan fingerprint density at radius 3 is 2.88 bits per heavy atom. The molecule has 1 amide bonds. The minimum Gasteiger partial charge on any atom is -0.481 e. The van der Waals surface area contributed by atoms with Crippen molar-refractivity contribution in [1.82, 2.24) is 4.90 Å². The van der Waals surface area contributed by atoms with Gasteiger partial charge in [0.1, 0.15) is 0 Å². The van der Waals surface area contributed by atoms with E-state index in [9.17, 15) is 24.8 Å². The Morgan fingerprint density at radius 1 is 1.46 bits per heavy atom. The number of hydrogen-bond donors (Lipinski definition) is 2. The molecule has 0 radical (unpaired) electrons. The van der Waals surface area contributed by atoms with Crippen molar-refractivity contribution in [1.29, 1.82) is 0 Å². The van der Waals surface area contributed by atoms with E-state index in [1.54, 1.807) is 13.0 Å². The molecule has 2 fully saturated rings. The van der Waals surface area contributed by atoms with Gasteiger partial charge < -0.3 is 15.3 Å². The van der Waals surface area contributed by atoms with Gasteiger partial charge in [-0.15, -0.1) is 0 Å². The molecule has 3 rings (SSSR count). The summed E-state index contributed by atoms with van der Waals surface area (Å²) in [4.78, 5) is 36.4. The average Bonchev–Trinajstić information content (AvgIpc) is 3.12. The number of hydrogen-bond acceptors (Lipinski definition) is 5. The van der Waals surface area contributed by atoms with Gasteiger partial charge in [0.15, 0.2) is 0 Å². The zero-order valence-corrected chi connectivity index (χ0v) is 14.7. The van der Waals surface area contributed by atoms with Crippen LogP contribution in [0.2, 0.25) is 0 Å². The highest BCUT2D eigenvalue weighted by Crippen LogP contribution is 2.48. The van der Waals surface area contributed by atoms with Crippen LogP contribution in [-0.2, 0) is 9.59 Å². The molecule has 8 nitrogen and oxygen atoms in total. The molecule has 1 heterocycles. The van der Waals surface area contributed by atoms with Gasteiger partial charge in [-0.2, -0.15) is 0 Å². The number of likely N-dealkylation sites (tertiary alicyclic amines) is 1. The second kappa shape index (κ2) is 7.03. The summed E-state index contributed by atoms with van der Waals surface area (Å²) in [5.41, 5.74) is 0.475. The van der Waals surface area contributed by atoms with Crippen LogP contribution < -0.4 is 5.32 Å². The second-order valence-electron chi connectivity index (χ2n) is 7.34. The highest BCUT2D eigenvalue weighted by atomic mass is 16.6. The first kappa shape index (κ1) is 18.3.